The number of rotatable bonds is 0. The Morgan fingerprint density at radius 2 is 2.40 bits per heavy atom. The van der Waals surface area contributed by atoms with Crippen LogP contribution in [-0.4, -0.2) is 25.0 Å². The summed E-state index contributed by atoms with van der Waals surface area (Å²) < 4.78 is 0. The molecule has 2 rings (SSSR count). The van der Waals surface area contributed by atoms with Gasteiger partial charge < -0.3 is 10.6 Å². The quantitative estimate of drug-likeness (QED) is 0.475. The third-order valence-corrected chi connectivity index (χ3v) is 2.42. The average Bonchev–Trinajstić information content (AvgIpc) is 2.34. The fourth-order valence-corrected chi connectivity index (χ4v) is 1.82. The molecule has 56 valence electrons. The van der Waals surface area contributed by atoms with Gasteiger partial charge in [0.25, 0.3) is 0 Å². The summed E-state index contributed by atoms with van der Waals surface area (Å²) in [5, 5.41) is 6.19. The van der Waals surface area contributed by atoms with Crippen LogP contribution in [0.4, 0.5) is 0 Å². The van der Waals surface area contributed by atoms with Crippen molar-refractivity contribution in [1.82, 2.24) is 10.6 Å². The Labute approximate surface area is 60.2 Å². The summed E-state index contributed by atoms with van der Waals surface area (Å²) in [6, 6.07) is 0.432. The molecule has 2 heterocycles. The second-order valence-electron chi connectivity index (χ2n) is 3.05. The van der Waals surface area contributed by atoms with Gasteiger partial charge in [0.2, 0.25) is 5.91 Å². The van der Waals surface area contributed by atoms with E-state index in [-0.39, 0.29) is 11.8 Å². The van der Waals surface area contributed by atoms with Crippen molar-refractivity contribution >= 4 is 5.91 Å². The van der Waals surface area contributed by atoms with Crippen LogP contribution in [0.2, 0.25) is 0 Å². The molecule has 1 amide bonds. The van der Waals surface area contributed by atoms with Gasteiger partial charge >= 0.3 is 0 Å². The topological polar surface area (TPSA) is 41.1 Å². The van der Waals surface area contributed by atoms with E-state index < -0.39 is 0 Å². The van der Waals surface area contributed by atoms with Crippen LogP contribution >= 0.6 is 0 Å². The Balaban J connectivity index is 2.08. The second kappa shape index (κ2) is 2.23. The van der Waals surface area contributed by atoms with Gasteiger partial charge in [-0.25, -0.2) is 0 Å². The van der Waals surface area contributed by atoms with E-state index in [1.165, 1.54) is 0 Å². The lowest BCUT2D eigenvalue weighted by Gasteiger charge is -2.23. The Hall–Kier alpha value is -0.570. The normalized spacial score (nSPS) is 39.0. The third kappa shape index (κ3) is 0.814. The molecule has 3 nitrogen and oxygen atoms in total. The van der Waals surface area contributed by atoms with Gasteiger partial charge in [-0.2, -0.15) is 0 Å². The number of carbonyl (C=O) groups excluding carboxylic acids is 1. The molecule has 0 radical (unpaired) electrons. The monoisotopic (exact) mass is 140 g/mol. The summed E-state index contributed by atoms with van der Waals surface area (Å²) in [6.45, 7) is 1.92. The molecule has 2 atom stereocenters. The smallest absolute Gasteiger partial charge is 0.224 e. The first kappa shape index (κ1) is 6.16. The van der Waals surface area contributed by atoms with Crippen LogP contribution in [0.25, 0.3) is 0 Å². The summed E-state index contributed by atoms with van der Waals surface area (Å²) in [7, 11) is 0. The molecular formula is C7H12N2O. The number of nitrogens with one attached hydrogen (secondary N) is 2. The van der Waals surface area contributed by atoms with Gasteiger partial charge in [-0.1, -0.05) is 0 Å². The van der Waals surface area contributed by atoms with Crippen LogP contribution in [-0.2, 0) is 4.79 Å². The highest BCUT2D eigenvalue weighted by atomic mass is 16.2. The number of hydrogen-bond donors (Lipinski definition) is 2. The molecule has 2 N–H and O–H groups in total. The number of carbonyl (C=O) groups is 1. The van der Waals surface area contributed by atoms with E-state index in [2.05, 4.69) is 10.6 Å². The Kier molecular flexibility index (Phi) is 1.38. The van der Waals surface area contributed by atoms with Crippen molar-refractivity contribution in [3.63, 3.8) is 0 Å². The maximum atomic E-state index is 11.1. The predicted octanol–water partition coefficient (Wildman–Crippen LogP) is -0.516. The first-order valence-corrected chi connectivity index (χ1v) is 3.89. The van der Waals surface area contributed by atoms with Crippen molar-refractivity contribution in [3.05, 3.63) is 0 Å². The molecule has 0 saturated carbocycles. The summed E-state index contributed by atoms with van der Waals surface area (Å²) in [5.74, 6) is 0.519. The molecule has 0 aliphatic carbocycles. The molecule has 0 aromatic carbocycles. The molecule has 0 spiro atoms. The molecule has 2 saturated heterocycles. The van der Waals surface area contributed by atoms with Gasteiger partial charge in [-0.15, -0.1) is 0 Å². The van der Waals surface area contributed by atoms with E-state index in [0.717, 1.165) is 25.9 Å². The van der Waals surface area contributed by atoms with Gasteiger partial charge in [0, 0.05) is 12.6 Å². The molecule has 2 fully saturated rings. The van der Waals surface area contributed by atoms with Crippen LogP contribution in [0.3, 0.4) is 0 Å². The van der Waals surface area contributed by atoms with Crippen molar-refractivity contribution in [2.75, 3.05) is 13.1 Å². The minimum atomic E-state index is 0.247. The second-order valence-corrected chi connectivity index (χ2v) is 3.05. The number of amides is 1. The first-order chi connectivity index (χ1) is 4.88. The van der Waals surface area contributed by atoms with Crippen molar-refractivity contribution in [2.24, 2.45) is 5.92 Å². The summed E-state index contributed by atoms with van der Waals surface area (Å²) in [4.78, 5) is 11.1. The number of hydrogen-bond acceptors (Lipinski definition) is 2. The first-order valence-electron chi connectivity index (χ1n) is 3.89. The zero-order valence-corrected chi connectivity index (χ0v) is 5.89. The van der Waals surface area contributed by atoms with E-state index in [0.29, 0.717) is 6.04 Å². The Bertz CT molecular complexity index is 158. The molecule has 10 heavy (non-hydrogen) atoms. The fourth-order valence-electron chi connectivity index (χ4n) is 1.82. The van der Waals surface area contributed by atoms with Crippen molar-refractivity contribution in [2.45, 2.75) is 18.9 Å². The van der Waals surface area contributed by atoms with Gasteiger partial charge in [0.05, 0.1) is 5.92 Å². The molecule has 3 heteroatoms. The van der Waals surface area contributed by atoms with Crippen molar-refractivity contribution in [1.29, 1.82) is 0 Å². The molecular weight excluding hydrogens is 128 g/mol. The third-order valence-electron chi connectivity index (χ3n) is 2.42. The zero-order valence-electron chi connectivity index (χ0n) is 5.89. The Morgan fingerprint density at radius 3 is 3.20 bits per heavy atom. The van der Waals surface area contributed by atoms with Crippen LogP contribution in [0.15, 0.2) is 0 Å². The zero-order chi connectivity index (χ0) is 6.97. The van der Waals surface area contributed by atoms with Gasteiger partial charge in [0.15, 0.2) is 0 Å². The summed E-state index contributed by atoms with van der Waals surface area (Å²) in [6.07, 6.45) is 2.22. The highest BCUT2D eigenvalue weighted by molar-refractivity contribution is 5.81. The standard InChI is InChI=1S/C7H12N2O/c10-7-5-2-1-3-8-6(5)4-9-7/h5-6,8H,1-4H2,(H,9,10)/t5-,6-/m1/s1. The van der Waals surface area contributed by atoms with Crippen LogP contribution in [0.5, 0.6) is 0 Å². The van der Waals surface area contributed by atoms with Gasteiger partial charge in [-0.3, -0.25) is 4.79 Å². The Morgan fingerprint density at radius 1 is 1.50 bits per heavy atom. The molecule has 0 aromatic rings. The minimum absolute atomic E-state index is 0.247. The van der Waals surface area contributed by atoms with E-state index >= 15 is 0 Å². The van der Waals surface area contributed by atoms with Crippen molar-refractivity contribution in [3.8, 4) is 0 Å². The molecule has 2 aliphatic heterocycles. The average molecular weight is 140 g/mol. The maximum Gasteiger partial charge on any atom is 0.224 e. The maximum absolute atomic E-state index is 11.1. The largest absolute Gasteiger partial charge is 0.354 e. The van der Waals surface area contributed by atoms with Crippen molar-refractivity contribution < 1.29 is 4.79 Å². The van der Waals surface area contributed by atoms with Crippen LogP contribution < -0.4 is 10.6 Å². The lowest BCUT2D eigenvalue weighted by atomic mass is 9.94. The summed E-state index contributed by atoms with van der Waals surface area (Å²) >= 11 is 0. The van der Waals surface area contributed by atoms with E-state index in [9.17, 15) is 4.79 Å². The molecule has 0 unspecified atom stereocenters. The van der Waals surface area contributed by atoms with E-state index in [1.54, 1.807) is 0 Å². The molecule has 2 aliphatic rings. The highest BCUT2D eigenvalue weighted by Gasteiger charge is 2.35. The lowest BCUT2D eigenvalue weighted by Crippen LogP contribution is -2.41. The van der Waals surface area contributed by atoms with Crippen LogP contribution in [0, 0.1) is 5.92 Å². The fraction of sp³-hybridized carbons (Fsp3) is 0.857. The number of piperidine rings is 1. The minimum Gasteiger partial charge on any atom is -0.354 e. The van der Waals surface area contributed by atoms with Gasteiger partial charge in [0.1, 0.15) is 0 Å². The molecule has 0 bridgehead atoms. The SMILES string of the molecule is O=C1NC[C@H]2NCCC[C@@H]12. The number of fused-ring (bicyclic) bond motifs is 1. The van der Waals surface area contributed by atoms with Gasteiger partial charge in [-0.05, 0) is 19.4 Å². The predicted molar refractivity (Wildman–Crippen MR) is 37.5 cm³/mol. The van der Waals surface area contributed by atoms with E-state index in [4.69, 9.17) is 0 Å². The van der Waals surface area contributed by atoms with E-state index in [1.807, 2.05) is 0 Å². The van der Waals surface area contributed by atoms with Crippen LogP contribution in [0.1, 0.15) is 12.8 Å². The summed E-state index contributed by atoms with van der Waals surface area (Å²) in [5.41, 5.74) is 0. The lowest BCUT2D eigenvalue weighted by molar-refractivity contribution is -0.123. The highest BCUT2D eigenvalue weighted by Crippen LogP contribution is 2.19. The molecule has 0 aromatic heterocycles.